The molecule has 4 heteroatoms. The van der Waals surface area contributed by atoms with Crippen LogP contribution in [0.1, 0.15) is 0 Å². The third-order valence-electron chi connectivity index (χ3n) is 12.6. The number of nitrogens with zero attached hydrogens (tertiary/aromatic N) is 4. The quantitative estimate of drug-likeness (QED) is 0.163. The Hall–Kier alpha value is -8.34. The molecule has 0 aliphatic rings. The van der Waals surface area contributed by atoms with E-state index < -0.39 is 0 Å². The standard InChI is InChI=1S/C58H34N4/c1-2-11-39(12-3-1)56-60-57(62-58(61-56)44-31-41-13-4-7-22-51(41)59-34-44)40-28-23-35(24-29-40)45-17-5-6-18-46(45)43-32-42-30-27-38-15-9-20-48-47-19-8-14-36-25-26-37-16-10-21-49(54(37)52(36)47)50(33-43)55(42)53(38)48/h1-34H. The highest BCUT2D eigenvalue weighted by molar-refractivity contribution is 6.37. The van der Waals surface area contributed by atoms with Crippen molar-refractivity contribution >= 4 is 75.5 Å². The van der Waals surface area contributed by atoms with Crippen molar-refractivity contribution in [2.75, 3.05) is 0 Å². The molecule has 62 heavy (non-hydrogen) atoms. The molecule has 0 bridgehead atoms. The van der Waals surface area contributed by atoms with Gasteiger partial charge in [0.1, 0.15) is 0 Å². The molecule has 0 atom stereocenters. The average molecular weight is 787 g/mol. The van der Waals surface area contributed by atoms with Crippen molar-refractivity contribution in [3.63, 3.8) is 0 Å². The molecule has 286 valence electrons. The summed E-state index contributed by atoms with van der Waals surface area (Å²) in [6.07, 6.45) is 1.85. The summed E-state index contributed by atoms with van der Waals surface area (Å²) < 4.78 is 0. The Balaban J connectivity index is 0.984. The van der Waals surface area contributed by atoms with Gasteiger partial charge >= 0.3 is 0 Å². The molecule has 0 aliphatic heterocycles. The maximum Gasteiger partial charge on any atom is 0.165 e. The fourth-order valence-electron chi connectivity index (χ4n) is 9.77. The minimum absolute atomic E-state index is 0.587. The number of fused-ring (bicyclic) bond motifs is 3. The minimum Gasteiger partial charge on any atom is -0.255 e. The molecule has 0 fully saturated rings. The summed E-state index contributed by atoms with van der Waals surface area (Å²) in [4.78, 5) is 19.7. The van der Waals surface area contributed by atoms with Crippen LogP contribution in [0.2, 0.25) is 0 Å². The topological polar surface area (TPSA) is 51.6 Å². The highest BCUT2D eigenvalue weighted by Crippen LogP contribution is 2.45. The largest absolute Gasteiger partial charge is 0.255 e. The number of benzene rings is 10. The zero-order chi connectivity index (χ0) is 40.7. The Kier molecular flexibility index (Phi) is 7.57. The van der Waals surface area contributed by atoms with E-state index in [-0.39, 0.29) is 0 Å². The van der Waals surface area contributed by atoms with Crippen LogP contribution >= 0.6 is 0 Å². The molecular formula is C58H34N4. The van der Waals surface area contributed by atoms with E-state index in [0.717, 1.165) is 38.7 Å². The zero-order valence-corrected chi connectivity index (χ0v) is 33.4. The lowest BCUT2D eigenvalue weighted by atomic mass is 9.85. The number of pyridine rings is 1. The summed E-state index contributed by atoms with van der Waals surface area (Å²) in [7, 11) is 0. The van der Waals surface area contributed by atoms with Gasteiger partial charge in [0.15, 0.2) is 17.5 Å². The Labute approximate surface area is 356 Å². The summed E-state index contributed by atoms with van der Waals surface area (Å²) in [5.74, 6) is 1.82. The van der Waals surface area contributed by atoms with Gasteiger partial charge in [0.05, 0.1) is 5.52 Å². The van der Waals surface area contributed by atoms with Gasteiger partial charge in [-0.05, 0) is 111 Å². The summed E-state index contributed by atoms with van der Waals surface area (Å²) >= 11 is 0. The van der Waals surface area contributed by atoms with Crippen molar-refractivity contribution in [3.8, 4) is 56.4 Å². The van der Waals surface area contributed by atoms with Gasteiger partial charge in [0.2, 0.25) is 0 Å². The van der Waals surface area contributed by atoms with E-state index in [2.05, 4.69) is 152 Å². The number of para-hydroxylation sites is 1. The Morgan fingerprint density at radius 3 is 1.35 bits per heavy atom. The number of hydrogen-bond acceptors (Lipinski definition) is 4. The summed E-state index contributed by atoms with van der Waals surface area (Å²) in [5, 5.41) is 16.4. The molecule has 0 spiro atoms. The maximum atomic E-state index is 5.04. The van der Waals surface area contributed by atoms with Crippen LogP contribution in [-0.2, 0) is 0 Å². The molecule has 2 aromatic heterocycles. The van der Waals surface area contributed by atoms with Crippen molar-refractivity contribution < 1.29 is 0 Å². The van der Waals surface area contributed by atoms with E-state index in [0.29, 0.717) is 17.5 Å². The first kappa shape index (κ1) is 34.5. The van der Waals surface area contributed by atoms with Gasteiger partial charge in [-0.2, -0.15) is 0 Å². The summed E-state index contributed by atoms with van der Waals surface area (Å²) in [5.41, 5.74) is 8.25. The van der Waals surface area contributed by atoms with Gasteiger partial charge in [-0.3, -0.25) is 4.98 Å². The van der Waals surface area contributed by atoms with E-state index in [1.54, 1.807) is 0 Å². The van der Waals surface area contributed by atoms with E-state index in [4.69, 9.17) is 19.9 Å². The predicted octanol–water partition coefficient (Wildman–Crippen LogP) is 15.1. The summed E-state index contributed by atoms with van der Waals surface area (Å²) in [6, 6.07) is 72.0. The molecule has 0 amide bonds. The highest BCUT2D eigenvalue weighted by Gasteiger charge is 2.18. The van der Waals surface area contributed by atoms with Crippen molar-refractivity contribution in [1.29, 1.82) is 0 Å². The van der Waals surface area contributed by atoms with Gasteiger partial charge in [-0.25, -0.2) is 15.0 Å². The van der Waals surface area contributed by atoms with Crippen LogP contribution in [0.4, 0.5) is 0 Å². The second kappa shape index (κ2) is 13.6. The molecule has 11 aromatic carbocycles. The molecular weight excluding hydrogens is 753 g/mol. The van der Waals surface area contributed by atoms with Crippen LogP contribution in [0.5, 0.6) is 0 Å². The molecule has 0 unspecified atom stereocenters. The number of rotatable bonds is 5. The van der Waals surface area contributed by atoms with E-state index >= 15 is 0 Å². The van der Waals surface area contributed by atoms with Crippen molar-refractivity contribution in [2.45, 2.75) is 0 Å². The normalized spacial score (nSPS) is 11.9. The van der Waals surface area contributed by atoms with Gasteiger partial charge in [0, 0.05) is 28.3 Å². The van der Waals surface area contributed by atoms with Crippen molar-refractivity contribution in [2.24, 2.45) is 0 Å². The molecule has 13 aromatic rings. The van der Waals surface area contributed by atoms with Gasteiger partial charge in [0.25, 0.3) is 0 Å². The minimum atomic E-state index is 0.587. The van der Waals surface area contributed by atoms with E-state index in [1.807, 2.05) is 54.7 Å². The van der Waals surface area contributed by atoms with Crippen LogP contribution < -0.4 is 0 Å². The second-order valence-electron chi connectivity index (χ2n) is 16.2. The molecule has 13 rings (SSSR count). The van der Waals surface area contributed by atoms with Gasteiger partial charge in [-0.1, -0.05) is 176 Å². The van der Waals surface area contributed by atoms with Crippen LogP contribution in [0.25, 0.3) is 132 Å². The number of aromatic nitrogens is 4. The fraction of sp³-hybridized carbons (Fsp3) is 0. The molecule has 4 nitrogen and oxygen atoms in total. The molecule has 0 saturated heterocycles. The lowest BCUT2D eigenvalue weighted by Crippen LogP contribution is -2.00. The molecule has 0 aliphatic carbocycles. The molecule has 0 N–H and O–H groups in total. The van der Waals surface area contributed by atoms with Gasteiger partial charge in [-0.15, -0.1) is 0 Å². The van der Waals surface area contributed by atoms with Gasteiger partial charge < -0.3 is 0 Å². The third-order valence-corrected chi connectivity index (χ3v) is 12.6. The Bertz CT molecular complexity index is 3910. The molecule has 0 saturated carbocycles. The van der Waals surface area contributed by atoms with Crippen molar-refractivity contribution in [1.82, 2.24) is 19.9 Å². The Morgan fingerprint density at radius 1 is 0.258 bits per heavy atom. The molecule has 2 heterocycles. The van der Waals surface area contributed by atoms with Crippen LogP contribution in [0.3, 0.4) is 0 Å². The first-order valence-corrected chi connectivity index (χ1v) is 21.0. The molecule has 0 radical (unpaired) electrons. The van der Waals surface area contributed by atoms with E-state index in [9.17, 15) is 0 Å². The van der Waals surface area contributed by atoms with Crippen LogP contribution in [0, 0.1) is 0 Å². The monoisotopic (exact) mass is 786 g/mol. The predicted molar refractivity (Wildman–Crippen MR) is 259 cm³/mol. The maximum absolute atomic E-state index is 5.04. The van der Waals surface area contributed by atoms with Crippen LogP contribution in [-0.4, -0.2) is 19.9 Å². The summed E-state index contributed by atoms with van der Waals surface area (Å²) in [6.45, 7) is 0. The zero-order valence-electron chi connectivity index (χ0n) is 33.4. The smallest absolute Gasteiger partial charge is 0.165 e. The average Bonchev–Trinajstić information content (AvgIpc) is 3.35. The first-order chi connectivity index (χ1) is 30.7. The SMILES string of the molecule is c1ccc(-c2nc(-c3ccc(-c4ccccc4-c4cc5ccc6cccc7c8cccc9ccc%10cccc(c(c4)c5c67)c%10c98)cc3)nc(-c3cnc4ccccc4c3)n2)cc1. The number of hydrogen-bond donors (Lipinski definition) is 0. The lowest BCUT2D eigenvalue weighted by Gasteiger charge is -2.18. The fourth-order valence-corrected chi connectivity index (χ4v) is 9.77. The highest BCUT2D eigenvalue weighted by atomic mass is 15.0. The first-order valence-electron chi connectivity index (χ1n) is 21.0. The van der Waals surface area contributed by atoms with Crippen LogP contribution in [0.15, 0.2) is 206 Å². The second-order valence-corrected chi connectivity index (χ2v) is 16.2. The lowest BCUT2D eigenvalue weighted by molar-refractivity contribution is 1.07. The Morgan fingerprint density at radius 2 is 0.710 bits per heavy atom. The van der Waals surface area contributed by atoms with E-state index in [1.165, 1.54) is 75.8 Å². The third kappa shape index (κ3) is 5.40. The van der Waals surface area contributed by atoms with Crippen molar-refractivity contribution in [3.05, 3.63) is 206 Å².